The summed E-state index contributed by atoms with van der Waals surface area (Å²) in [5, 5.41) is 4.47. The van der Waals surface area contributed by atoms with Crippen LogP contribution in [0.5, 0.6) is 0 Å². The van der Waals surface area contributed by atoms with E-state index in [9.17, 15) is 0 Å². The standard InChI is InChI=1S/C13H17BrN4/c1-9(2)18-13-10(8-15-18)16-12(14)7-11(13)17-5-3-4-6-17/h7-9H,3-6H2,1-2H3. The molecule has 0 N–H and O–H groups in total. The first-order valence-corrected chi connectivity index (χ1v) is 7.25. The molecule has 4 nitrogen and oxygen atoms in total. The first-order chi connectivity index (χ1) is 8.66. The lowest BCUT2D eigenvalue weighted by Crippen LogP contribution is -2.19. The fraction of sp³-hybridized carbons (Fsp3) is 0.538. The highest BCUT2D eigenvalue weighted by Gasteiger charge is 2.20. The van der Waals surface area contributed by atoms with E-state index in [2.05, 4.69) is 55.5 Å². The molecular formula is C13H17BrN4. The van der Waals surface area contributed by atoms with Gasteiger partial charge >= 0.3 is 0 Å². The van der Waals surface area contributed by atoms with Gasteiger partial charge in [0.05, 0.1) is 11.9 Å². The van der Waals surface area contributed by atoms with Crippen LogP contribution in [0, 0.1) is 0 Å². The van der Waals surface area contributed by atoms with Crippen molar-refractivity contribution in [3.8, 4) is 0 Å². The molecule has 0 atom stereocenters. The first-order valence-electron chi connectivity index (χ1n) is 6.45. The highest BCUT2D eigenvalue weighted by molar-refractivity contribution is 9.10. The third kappa shape index (κ3) is 1.90. The Labute approximate surface area is 115 Å². The molecule has 0 unspecified atom stereocenters. The van der Waals surface area contributed by atoms with Gasteiger partial charge in [0.15, 0.2) is 0 Å². The van der Waals surface area contributed by atoms with E-state index in [1.165, 1.54) is 18.5 Å². The average molecular weight is 309 g/mol. The number of nitrogens with zero attached hydrogens (tertiary/aromatic N) is 4. The minimum atomic E-state index is 0.354. The quantitative estimate of drug-likeness (QED) is 0.798. The number of fused-ring (bicyclic) bond motifs is 1. The second-order valence-corrected chi connectivity index (χ2v) is 5.89. The molecule has 0 bridgehead atoms. The molecule has 1 aliphatic rings. The van der Waals surface area contributed by atoms with Crippen LogP contribution in [0.4, 0.5) is 5.69 Å². The zero-order valence-corrected chi connectivity index (χ0v) is 12.3. The van der Waals surface area contributed by atoms with Crippen LogP contribution in [0.25, 0.3) is 11.0 Å². The molecule has 3 heterocycles. The average Bonchev–Trinajstić information content (AvgIpc) is 2.96. The maximum absolute atomic E-state index is 4.52. The van der Waals surface area contributed by atoms with Crippen molar-refractivity contribution < 1.29 is 0 Å². The van der Waals surface area contributed by atoms with Gasteiger partial charge in [0, 0.05) is 19.1 Å². The van der Waals surface area contributed by atoms with Crippen LogP contribution in [0.15, 0.2) is 16.9 Å². The Bertz CT molecular complexity index is 570. The highest BCUT2D eigenvalue weighted by atomic mass is 79.9. The molecule has 0 spiro atoms. The van der Waals surface area contributed by atoms with E-state index < -0.39 is 0 Å². The highest BCUT2D eigenvalue weighted by Crippen LogP contribution is 2.32. The molecular weight excluding hydrogens is 292 g/mol. The van der Waals surface area contributed by atoms with Crippen LogP contribution in [0.1, 0.15) is 32.7 Å². The minimum Gasteiger partial charge on any atom is -0.370 e. The normalized spacial score (nSPS) is 16.1. The second-order valence-electron chi connectivity index (χ2n) is 5.07. The minimum absolute atomic E-state index is 0.354. The largest absolute Gasteiger partial charge is 0.370 e. The van der Waals surface area contributed by atoms with Gasteiger partial charge in [-0.3, -0.25) is 4.68 Å². The van der Waals surface area contributed by atoms with Crippen LogP contribution in [-0.2, 0) is 0 Å². The van der Waals surface area contributed by atoms with Crippen molar-refractivity contribution in [2.45, 2.75) is 32.7 Å². The van der Waals surface area contributed by atoms with Gasteiger partial charge in [0.25, 0.3) is 0 Å². The monoisotopic (exact) mass is 308 g/mol. The van der Waals surface area contributed by atoms with E-state index in [4.69, 9.17) is 0 Å². The van der Waals surface area contributed by atoms with Gasteiger partial charge in [-0.05, 0) is 48.7 Å². The topological polar surface area (TPSA) is 34.0 Å². The van der Waals surface area contributed by atoms with Crippen LogP contribution in [-0.4, -0.2) is 27.9 Å². The third-order valence-corrected chi connectivity index (χ3v) is 3.84. The molecule has 2 aromatic rings. The maximum atomic E-state index is 4.52. The Morgan fingerprint density at radius 3 is 2.67 bits per heavy atom. The lowest BCUT2D eigenvalue weighted by molar-refractivity contribution is 0.550. The van der Waals surface area contributed by atoms with Crippen LogP contribution >= 0.6 is 15.9 Å². The van der Waals surface area contributed by atoms with Crippen molar-refractivity contribution >= 4 is 32.7 Å². The number of anilines is 1. The van der Waals surface area contributed by atoms with Gasteiger partial charge in [-0.25, -0.2) is 4.98 Å². The number of pyridine rings is 1. The van der Waals surface area contributed by atoms with Crippen molar-refractivity contribution in [1.82, 2.24) is 14.8 Å². The predicted molar refractivity (Wildman–Crippen MR) is 77.1 cm³/mol. The summed E-state index contributed by atoms with van der Waals surface area (Å²) < 4.78 is 2.96. The Balaban J connectivity index is 2.23. The van der Waals surface area contributed by atoms with Gasteiger partial charge in [-0.2, -0.15) is 5.10 Å². The zero-order valence-electron chi connectivity index (χ0n) is 10.7. The Kier molecular flexibility index (Phi) is 3.01. The molecule has 1 saturated heterocycles. The van der Waals surface area contributed by atoms with E-state index in [1.807, 2.05) is 6.20 Å². The van der Waals surface area contributed by atoms with Crippen LogP contribution in [0.2, 0.25) is 0 Å². The summed E-state index contributed by atoms with van der Waals surface area (Å²) in [6.45, 7) is 6.58. The maximum Gasteiger partial charge on any atom is 0.112 e. The molecule has 0 aromatic carbocycles. The van der Waals surface area contributed by atoms with Gasteiger partial charge in [-0.15, -0.1) is 0 Å². The van der Waals surface area contributed by atoms with Crippen molar-refractivity contribution in [2.75, 3.05) is 18.0 Å². The van der Waals surface area contributed by atoms with Gasteiger partial charge < -0.3 is 4.90 Å². The summed E-state index contributed by atoms with van der Waals surface area (Å²) in [5.74, 6) is 0. The molecule has 0 aliphatic carbocycles. The lowest BCUT2D eigenvalue weighted by atomic mass is 10.3. The molecule has 0 saturated carbocycles. The van der Waals surface area contributed by atoms with Crippen molar-refractivity contribution in [2.24, 2.45) is 0 Å². The fourth-order valence-electron chi connectivity index (χ4n) is 2.60. The Morgan fingerprint density at radius 2 is 2.00 bits per heavy atom. The molecule has 96 valence electrons. The van der Waals surface area contributed by atoms with Gasteiger partial charge in [0.1, 0.15) is 15.6 Å². The van der Waals surface area contributed by atoms with E-state index in [1.54, 1.807) is 0 Å². The number of aromatic nitrogens is 3. The Morgan fingerprint density at radius 1 is 1.28 bits per heavy atom. The van der Waals surface area contributed by atoms with Crippen molar-refractivity contribution in [3.63, 3.8) is 0 Å². The zero-order chi connectivity index (χ0) is 12.7. The van der Waals surface area contributed by atoms with Gasteiger partial charge in [0.2, 0.25) is 0 Å². The Hall–Kier alpha value is -1.10. The SMILES string of the molecule is CC(C)n1ncc2nc(Br)cc(N3CCCC3)c21. The summed E-state index contributed by atoms with van der Waals surface area (Å²) in [6, 6.07) is 2.47. The predicted octanol–water partition coefficient (Wildman–Crippen LogP) is 3.37. The molecule has 0 radical (unpaired) electrons. The molecule has 2 aromatic heterocycles. The smallest absolute Gasteiger partial charge is 0.112 e. The molecule has 3 rings (SSSR count). The lowest BCUT2D eigenvalue weighted by Gasteiger charge is -2.20. The van der Waals surface area contributed by atoms with Crippen molar-refractivity contribution in [1.29, 1.82) is 0 Å². The van der Waals surface area contributed by atoms with Crippen LogP contribution < -0.4 is 4.90 Å². The van der Waals surface area contributed by atoms with Crippen LogP contribution in [0.3, 0.4) is 0 Å². The second kappa shape index (κ2) is 4.53. The molecule has 0 amide bonds. The number of hydrogen-bond donors (Lipinski definition) is 0. The first kappa shape index (κ1) is 12.0. The molecule has 1 aliphatic heterocycles. The molecule has 5 heteroatoms. The van der Waals surface area contributed by atoms with E-state index >= 15 is 0 Å². The molecule has 18 heavy (non-hydrogen) atoms. The molecule has 1 fully saturated rings. The fourth-order valence-corrected chi connectivity index (χ4v) is 3.01. The van der Waals surface area contributed by atoms with Crippen molar-refractivity contribution in [3.05, 3.63) is 16.9 Å². The van der Waals surface area contributed by atoms with E-state index in [0.717, 1.165) is 28.7 Å². The summed E-state index contributed by atoms with van der Waals surface area (Å²) in [5.41, 5.74) is 3.39. The van der Waals surface area contributed by atoms with E-state index in [0.29, 0.717) is 6.04 Å². The number of rotatable bonds is 2. The summed E-state index contributed by atoms with van der Waals surface area (Å²) in [4.78, 5) is 6.96. The summed E-state index contributed by atoms with van der Waals surface area (Å²) in [7, 11) is 0. The number of hydrogen-bond acceptors (Lipinski definition) is 3. The van der Waals surface area contributed by atoms with E-state index in [-0.39, 0.29) is 0 Å². The summed E-state index contributed by atoms with van der Waals surface area (Å²) in [6.07, 6.45) is 4.41. The summed E-state index contributed by atoms with van der Waals surface area (Å²) >= 11 is 3.50. The number of halogens is 1. The van der Waals surface area contributed by atoms with Gasteiger partial charge in [-0.1, -0.05) is 0 Å². The third-order valence-electron chi connectivity index (χ3n) is 3.44.